The molecular formula is C21H18F3N3O4. The SMILES string of the molecule is CN1CC[C@@](O)(C#Cc2cccc(-c3cc(OCC(F)(F)F)cc(C(N)=O)n3)c2)C1=O. The molecule has 1 aliphatic heterocycles. The second kappa shape index (κ2) is 8.28. The zero-order valence-electron chi connectivity index (χ0n) is 16.4. The summed E-state index contributed by atoms with van der Waals surface area (Å²) < 4.78 is 42.2. The zero-order chi connectivity index (χ0) is 22.8. The van der Waals surface area contributed by atoms with E-state index in [0.717, 1.165) is 6.07 Å². The van der Waals surface area contributed by atoms with Crippen LogP contribution in [0.15, 0.2) is 36.4 Å². The van der Waals surface area contributed by atoms with Gasteiger partial charge in [0.2, 0.25) is 5.60 Å². The van der Waals surface area contributed by atoms with E-state index in [-0.39, 0.29) is 23.6 Å². The summed E-state index contributed by atoms with van der Waals surface area (Å²) in [5.41, 5.74) is 4.20. The highest BCUT2D eigenvalue weighted by Gasteiger charge is 2.42. The van der Waals surface area contributed by atoms with Crippen molar-refractivity contribution in [2.75, 3.05) is 20.2 Å². The first-order valence-electron chi connectivity index (χ1n) is 9.10. The van der Waals surface area contributed by atoms with E-state index in [9.17, 15) is 27.9 Å². The normalized spacial score (nSPS) is 18.5. The van der Waals surface area contributed by atoms with Crippen LogP contribution < -0.4 is 10.5 Å². The number of benzene rings is 1. The van der Waals surface area contributed by atoms with Crippen molar-refractivity contribution in [3.05, 3.63) is 47.7 Å². The molecular weight excluding hydrogens is 415 g/mol. The van der Waals surface area contributed by atoms with E-state index >= 15 is 0 Å². The molecule has 1 atom stereocenters. The first-order valence-corrected chi connectivity index (χ1v) is 9.10. The quantitative estimate of drug-likeness (QED) is 0.715. The average molecular weight is 433 g/mol. The largest absolute Gasteiger partial charge is 0.484 e. The molecule has 0 radical (unpaired) electrons. The predicted octanol–water partition coefficient (Wildman–Crippen LogP) is 1.73. The van der Waals surface area contributed by atoms with Gasteiger partial charge >= 0.3 is 6.18 Å². The monoisotopic (exact) mass is 433 g/mol. The number of rotatable bonds is 4. The summed E-state index contributed by atoms with van der Waals surface area (Å²) in [5, 5.41) is 10.4. The van der Waals surface area contributed by atoms with Crippen LogP contribution in [0, 0.1) is 11.8 Å². The standard InChI is InChI=1S/C21H18F3N3O4/c1-27-8-7-20(30,19(27)29)6-5-13-3-2-4-14(9-13)16-10-15(31-12-21(22,23)24)11-17(26-16)18(25)28/h2-4,9-11,30H,7-8,12H2,1H3,(H2,25,28)/t20-/m0/s1. The number of aromatic nitrogens is 1. The number of carbonyl (C=O) groups is 2. The lowest BCUT2D eigenvalue weighted by molar-refractivity contribution is -0.153. The number of hydrogen-bond donors (Lipinski definition) is 2. The van der Waals surface area contributed by atoms with Crippen LogP contribution >= 0.6 is 0 Å². The number of carbonyl (C=O) groups excluding carboxylic acids is 2. The van der Waals surface area contributed by atoms with Gasteiger partial charge in [-0.25, -0.2) is 4.98 Å². The molecule has 2 heterocycles. The molecule has 2 amide bonds. The van der Waals surface area contributed by atoms with Crippen molar-refractivity contribution < 1.29 is 32.6 Å². The molecule has 162 valence electrons. The molecule has 1 aromatic heterocycles. The molecule has 2 aromatic rings. The molecule has 1 aliphatic rings. The molecule has 10 heteroatoms. The van der Waals surface area contributed by atoms with Gasteiger partial charge in [-0.2, -0.15) is 13.2 Å². The van der Waals surface area contributed by atoms with Gasteiger partial charge in [0.1, 0.15) is 11.4 Å². The number of nitrogens with two attached hydrogens (primary N) is 1. The highest BCUT2D eigenvalue weighted by Crippen LogP contribution is 2.26. The minimum atomic E-state index is -4.56. The Hall–Kier alpha value is -3.58. The van der Waals surface area contributed by atoms with Crippen molar-refractivity contribution in [1.82, 2.24) is 9.88 Å². The van der Waals surface area contributed by atoms with Crippen LogP contribution in [0.25, 0.3) is 11.3 Å². The van der Waals surface area contributed by atoms with E-state index in [4.69, 9.17) is 10.5 Å². The third kappa shape index (κ3) is 5.32. The molecule has 1 fully saturated rings. The Bertz CT molecular complexity index is 1090. The summed E-state index contributed by atoms with van der Waals surface area (Å²) in [6, 6.07) is 8.67. The van der Waals surface area contributed by atoms with Crippen LogP contribution in [0.2, 0.25) is 0 Å². The van der Waals surface area contributed by atoms with Gasteiger partial charge in [-0.15, -0.1) is 0 Å². The maximum atomic E-state index is 12.5. The Labute approximate surface area is 175 Å². The summed E-state index contributed by atoms with van der Waals surface area (Å²) in [5.74, 6) is 3.68. The summed E-state index contributed by atoms with van der Waals surface area (Å²) in [6.07, 6.45) is -4.38. The smallest absolute Gasteiger partial charge is 0.422 e. The average Bonchev–Trinajstić information content (AvgIpc) is 2.98. The lowest BCUT2D eigenvalue weighted by Gasteiger charge is -2.13. The molecule has 1 aromatic carbocycles. The van der Waals surface area contributed by atoms with Gasteiger partial charge in [0, 0.05) is 43.3 Å². The fraction of sp³-hybridized carbons (Fsp3) is 0.286. The second-order valence-electron chi connectivity index (χ2n) is 7.01. The fourth-order valence-electron chi connectivity index (χ4n) is 2.93. The maximum absolute atomic E-state index is 12.5. The number of halogens is 3. The minimum Gasteiger partial charge on any atom is -0.484 e. The summed E-state index contributed by atoms with van der Waals surface area (Å²) in [4.78, 5) is 29.0. The molecule has 31 heavy (non-hydrogen) atoms. The van der Waals surface area contributed by atoms with Crippen LogP contribution in [0.1, 0.15) is 22.5 Å². The molecule has 3 N–H and O–H groups in total. The van der Waals surface area contributed by atoms with Crippen molar-refractivity contribution >= 4 is 11.8 Å². The third-order valence-electron chi connectivity index (χ3n) is 4.54. The van der Waals surface area contributed by atoms with Gasteiger partial charge in [-0.05, 0) is 12.1 Å². The number of pyridine rings is 1. The van der Waals surface area contributed by atoms with Crippen LogP contribution in [-0.2, 0) is 4.79 Å². The number of nitrogens with zero attached hydrogens (tertiary/aromatic N) is 2. The van der Waals surface area contributed by atoms with Crippen LogP contribution in [0.4, 0.5) is 13.2 Å². The number of ether oxygens (including phenoxy) is 1. The molecule has 7 nitrogen and oxygen atoms in total. The minimum absolute atomic E-state index is 0.146. The van der Waals surface area contributed by atoms with Crippen molar-refractivity contribution in [2.24, 2.45) is 5.73 Å². The Morgan fingerprint density at radius 2 is 2.10 bits per heavy atom. The zero-order valence-corrected chi connectivity index (χ0v) is 16.4. The van der Waals surface area contributed by atoms with Gasteiger partial charge in [0.05, 0.1) is 5.69 Å². The molecule has 0 spiro atoms. The second-order valence-corrected chi connectivity index (χ2v) is 7.01. The molecule has 0 aliphatic carbocycles. The maximum Gasteiger partial charge on any atom is 0.422 e. The number of hydrogen-bond acceptors (Lipinski definition) is 5. The number of likely N-dealkylation sites (N-methyl/N-ethyl adjacent to an activating group) is 1. The van der Waals surface area contributed by atoms with Crippen molar-refractivity contribution in [3.63, 3.8) is 0 Å². The number of primary amides is 1. The highest BCUT2D eigenvalue weighted by molar-refractivity contribution is 5.92. The molecule has 1 saturated heterocycles. The van der Waals surface area contributed by atoms with Gasteiger partial charge in [0.15, 0.2) is 6.61 Å². The number of likely N-dealkylation sites (tertiary alicyclic amines) is 1. The molecule has 0 bridgehead atoms. The van der Waals surface area contributed by atoms with E-state index in [2.05, 4.69) is 16.8 Å². The van der Waals surface area contributed by atoms with E-state index in [0.29, 0.717) is 17.7 Å². The Balaban J connectivity index is 1.93. The van der Waals surface area contributed by atoms with E-state index in [1.807, 2.05) is 0 Å². The van der Waals surface area contributed by atoms with Crippen molar-refractivity contribution in [2.45, 2.75) is 18.2 Å². The van der Waals surface area contributed by atoms with Gasteiger partial charge in [0.25, 0.3) is 11.8 Å². The number of amides is 2. The van der Waals surface area contributed by atoms with Gasteiger partial charge < -0.3 is 20.5 Å². The highest BCUT2D eigenvalue weighted by atomic mass is 19.4. The van der Waals surface area contributed by atoms with E-state index < -0.39 is 30.2 Å². The first kappa shape index (κ1) is 22.1. The summed E-state index contributed by atoms with van der Waals surface area (Å²) >= 11 is 0. The van der Waals surface area contributed by atoms with Crippen LogP contribution in [0.5, 0.6) is 5.75 Å². The lowest BCUT2D eigenvalue weighted by atomic mass is 10.0. The Kier molecular flexibility index (Phi) is 5.90. The predicted molar refractivity (Wildman–Crippen MR) is 104 cm³/mol. The van der Waals surface area contributed by atoms with E-state index in [1.165, 1.54) is 11.0 Å². The summed E-state index contributed by atoms with van der Waals surface area (Å²) in [6.45, 7) is -1.16. The summed E-state index contributed by atoms with van der Waals surface area (Å²) in [7, 11) is 1.57. The molecule has 3 rings (SSSR count). The van der Waals surface area contributed by atoms with Gasteiger partial charge in [-0.3, -0.25) is 9.59 Å². The fourth-order valence-corrected chi connectivity index (χ4v) is 2.93. The topological polar surface area (TPSA) is 106 Å². The van der Waals surface area contributed by atoms with Crippen LogP contribution in [0.3, 0.4) is 0 Å². The molecule has 0 unspecified atom stereocenters. The number of alkyl halides is 3. The van der Waals surface area contributed by atoms with E-state index in [1.54, 1.807) is 31.3 Å². The first-order chi connectivity index (χ1) is 14.5. The Morgan fingerprint density at radius 3 is 2.71 bits per heavy atom. The number of aliphatic hydroxyl groups is 1. The Morgan fingerprint density at radius 1 is 1.35 bits per heavy atom. The third-order valence-corrected chi connectivity index (χ3v) is 4.54. The molecule has 0 saturated carbocycles. The lowest BCUT2D eigenvalue weighted by Crippen LogP contribution is -2.37. The van der Waals surface area contributed by atoms with Crippen LogP contribution in [-0.4, -0.2) is 58.8 Å². The van der Waals surface area contributed by atoms with Crippen molar-refractivity contribution in [3.8, 4) is 28.8 Å². The van der Waals surface area contributed by atoms with Gasteiger partial charge in [-0.1, -0.05) is 24.0 Å². The van der Waals surface area contributed by atoms with Crippen molar-refractivity contribution in [1.29, 1.82) is 0 Å².